The molecular weight excluding hydrogens is 452 g/mol. The summed E-state index contributed by atoms with van der Waals surface area (Å²) >= 11 is 5.90. The number of carbonyl (C=O) groups excluding carboxylic acids is 1. The first-order valence-electron chi connectivity index (χ1n) is 10.6. The highest BCUT2D eigenvalue weighted by Crippen LogP contribution is 2.25. The monoisotopic (exact) mass is 472 g/mol. The van der Waals surface area contributed by atoms with E-state index in [2.05, 4.69) is 16.4 Å². The molecule has 0 aliphatic carbocycles. The third-order valence-corrected chi connectivity index (χ3v) is 5.73. The van der Waals surface area contributed by atoms with Gasteiger partial charge in [0.2, 0.25) is 0 Å². The molecule has 0 saturated heterocycles. The Kier molecular flexibility index (Phi) is 6.62. The lowest BCUT2D eigenvalue weighted by Crippen LogP contribution is -2.25. The van der Waals surface area contributed by atoms with Crippen LogP contribution in [0.1, 0.15) is 32.9 Å². The van der Waals surface area contributed by atoms with Gasteiger partial charge in [0.05, 0.1) is 28.7 Å². The van der Waals surface area contributed by atoms with Gasteiger partial charge in [-0.25, -0.2) is 4.98 Å². The quantitative estimate of drug-likeness (QED) is 0.413. The van der Waals surface area contributed by atoms with E-state index in [0.717, 1.165) is 11.1 Å². The predicted octanol–water partition coefficient (Wildman–Crippen LogP) is 4.46. The smallest absolute Gasteiger partial charge is 0.307 e. The second kappa shape index (κ2) is 9.77. The van der Waals surface area contributed by atoms with Crippen LogP contribution in [0.25, 0.3) is 16.7 Å². The van der Waals surface area contributed by atoms with Gasteiger partial charge in [0.1, 0.15) is 11.9 Å². The standard InChI is InChI=1S/C26H21ClN4O3/c1-16-30-22-14-19(26(34)29-11-10-17-2-6-21(27)7-3-17)5-9-24(22)31(16)23-8-4-18(13-25(32)33)12-20(23)15-28/h2-9,12,14H,10-11,13H2,1H3,(H,29,34)(H,32,33). The number of rotatable bonds is 7. The Bertz CT molecular complexity index is 1440. The van der Waals surface area contributed by atoms with Gasteiger partial charge in [-0.3, -0.25) is 14.2 Å². The second-order valence-electron chi connectivity index (χ2n) is 7.86. The fourth-order valence-electron chi connectivity index (χ4n) is 3.87. The van der Waals surface area contributed by atoms with E-state index in [0.29, 0.717) is 51.7 Å². The number of aryl methyl sites for hydroxylation is 1. The summed E-state index contributed by atoms with van der Waals surface area (Å²) in [5.74, 6) is -0.503. The molecule has 0 unspecified atom stereocenters. The van der Waals surface area contributed by atoms with Crippen molar-refractivity contribution in [3.05, 3.63) is 93.8 Å². The summed E-state index contributed by atoms with van der Waals surface area (Å²) in [7, 11) is 0. The van der Waals surface area contributed by atoms with Crippen molar-refractivity contribution in [3.8, 4) is 11.8 Å². The number of aromatic nitrogens is 2. The maximum absolute atomic E-state index is 12.7. The van der Waals surface area contributed by atoms with Crippen LogP contribution in [-0.4, -0.2) is 33.1 Å². The molecule has 0 aliphatic heterocycles. The third-order valence-electron chi connectivity index (χ3n) is 5.47. The molecule has 170 valence electrons. The van der Waals surface area contributed by atoms with Crippen molar-refractivity contribution in [3.63, 3.8) is 0 Å². The Balaban J connectivity index is 1.56. The molecule has 8 heteroatoms. The number of carboxylic acids is 1. The zero-order chi connectivity index (χ0) is 24.2. The summed E-state index contributed by atoms with van der Waals surface area (Å²) in [6.45, 7) is 2.30. The third kappa shape index (κ3) is 4.92. The zero-order valence-electron chi connectivity index (χ0n) is 18.4. The number of nitrogens with one attached hydrogen (secondary N) is 1. The molecule has 4 aromatic rings. The van der Waals surface area contributed by atoms with Crippen LogP contribution in [0.4, 0.5) is 0 Å². The molecule has 1 aromatic heterocycles. The number of nitrogens with zero attached hydrogens (tertiary/aromatic N) is 3. The molecule has 0 radical (unpaired) electrons. The fourth-order valence-corrected chi connectivity index (χ4v) is 4.00. The topological polar surface area (TPSA) is 108 Å². The van der Waals surface area contributed by atoms with Gasteiger partial charge < -0.3 is 10.4 Å². The number of nitriles is 1. The first-order valence-corrected chi connectivity index (χ1v) is 11.0. The summed E-state index contributed by atoms with van der Waals surface area (Å²) in [5.41, 5.74) is 4.45. The van der Waals surface area contributed by atoms with E-state index < -0.39 is 5.97 Å². The van der Waals surface area contributed by atoms with Crippen molar-refractivity contribution in [2.75, 3.05) is 6.54 Å². The second-order valence-corrected chi connectivity index (χ2v) is 8.30. The SMILES string of the molecule is Cc1nc2cc(C(=O)NCCc3ccc(Cl)cc3)ccc2n1-c1ccc(CC(=O)O)cc1C#N. The van der Waals surface area contributed by atoms with Gasteiger partial charge in [-0.05, 0) is 66.9 Å². The molecule has 0 bridgehead atoms. The van der Waals surface area contributed by atoms with Crippen molar-refractivity contribution in [1.82, 2.24) is 14.9 Å². The van der Waals surface area contributed by atoms with Crippen LogP contribution in [0, 0.1) is 18.3 Å². The van der Waals surface area contributed by atoms with E-state index in [1.807, 2.05) is 35.8 Å². The lowest BCUT2D eigenvalue weighted by molar-refractivity contribution is -0.136. The van der Waals surface area contributed by atoms with Crippen LogP contribution >= 0.6 is 11.6 Å². The van der Waals surface area contributed by atoms with Crippen LogP contribution in [0.15, 0.2) is 60.7 Å². The van der Waals surface area contributed by atoms with E-state index in [4.69, 9.17) is 16.7 Å². The van der Waals surface area contributed by atoms with E-state index in [1.165, 1.54) is 0 Å². The minimum Gasteiger partial charge on any atom is -0.481 e. The normalized spacial score (nSPS) is 10.7. The number of carboxylic acid groups (broad SMARTS) is 1. The molecule has 4 rings (SSSR count). The number of amides is 1. The van der Waals surface area contributed by atoms with Crippen molar-refractivity contribution >= 4 is 34.5 Å². The summed E-state index contributed by atoms with van der Waals surface area (Å²) in [6.07, 6.45) is 0.531. The van der Waals surface area contributed by atoms with E-state index in [-0.39, 0.29) is 12.3 Å². The Hall–Kier alpha value is -4.15. The average molecular weight is 473 g/mol. The Labute approximate surface area is 201 Å². The Morgan fingerprint density at radius 1 is 1.09 bits per heavy atom. The number of benzene rings is 3. The van der Waals surface area contributed by atoms with Crippen LogP contribution in [0.2, 0.25) is 5.02 Å². The number of imidazole rings is 1. The van der Waals surface area contributed by atoms with Gasteiger partial charge in [0.15, 0.2) is 0 Å². The van der Waals surface area contributed by atoms with Gasteiger partial charge in [-0.2, -0.15) is 5.26 Å². The van der Waals surface area contributed by atoms with E-state index in [9.17, 15) is 14.9 Å². The van der Waals surface area contributed by atoms with Crippen LogP contribution < -0.4 is 5.32 Å². The molecule has 34 heavy (non-hydrogen) atoms. The highest BCUT2D eigenvalue weighted by atomic mass is 35.5. The summed E-state index contributed by atoms with van der Waals surface area (Å²) < 4.78 is 1.83. The first kappa shape index (κ1) is 23.0. The van der Waals surface area contributed by atoms with Gasteiger partial charge in [-0.15, -0.1) is 0 Å². The predicted molar refractivity (Wildman–Crippen MR) is 129 cm³/mol. The summed E-state index contributed by atoms with van der Waals surface area (Å²) in [5, 5.41) is 22.3. The van der Waals surface area contributed by atoms with Crippen molar-refractivity contribution in [2.24, 2.45) is 0 Å². The highest BCUT2D eigenvalue weighted by molar-refractivity contribution is 6.30. The van der Waals surface area contributed by atoms with Crippen LogP contribution in [-0.2, 0) is 17.6 Å². The Morgan fingerprint density at radius 2 is 1.82 bits per heavy atom. The molecule has 0 fully saturated rings. The summed E-state index contributed by atoms with van der Waals surface area (Å²) in [6, 6.07) is 19.9. The average Bonchev–Trinajstić information content (AvgIpc) is 3.14. The molecule has 2 N–H and O–H groups in total. The maximum Gasteiger partial charge on any atom is 0.307 e. The molecule has 0 spiro atoms. The maximum atomic E-state index is 12.7. The van der Waals surface area contributed by atoms with Crippen molar-refractivity contribution in [1.29, 1.82) is 5.26 Å². The molecular formula is C26H21ClN4O3. The minimum atomic E-state index is -0.958. The minimum absolute atomic E-state index is 0.158. The van der Waals surface area contributed by atoms with Crippen LogP contribution in [0.3, 0.4) is 0 Å². The van der Waals surface area contributed by atoms with Gasteiger partial charge in [-0.1, -0.05) is 29.8 Å². The number of halogens is 1. The number of carbonyl (C=O) groups is 2. The molecule has 0 atom stereocenters. The Morgan fingerprint density at radius 3 is 2.53 bits per heavy atom. The molecule has 1 heterocycles. The molecule has 0 saturated carbocycles. The van der Waals surface area contributed by atoms with Gasteiger partial charge in [0.25, 0.3) is 5.91 Å². The van der Waals surface area contributed by atoms with Gasteiger partial charge in [0, 0.05) is 17.1 Å². The highest BCUT2D eigenvalue weighted by Gasteiger charge is 2.16. The molecule has 3 aromatic carbocycles. The fraction of sp³-hybridized carbons (Fsp3) is 0.154. The first-order chi connectivity index (χ1) is 16.4. The largest absolute Gasteiger partial charge is 0.481 e. The number of hydrogen-bond acceptors (Lipinski definition) is 4. The lowest BCUT2D eigenvalue weighted by atomic mass is 10.1. The number of hydrogen-bond donors (Lipinski definition) is 2. The van der Waals surface area contributed by atoms with Crippen molar-refractivity contribution in [2.45, 2.75) is 19.8 Å². The van der Waals surface area contributed by atoms with Crippen LogP contribution in [0.5, 0.6) is 0 Å². The number of aliphatic carboxylic acids is 1. The molecule has 1 amide bonds. The lowest BCUT2D eigenvalue weighted by Gasteiger charge is -2.11. The summed E-state index contributed by atoms with van der Waals surface area (Å²) in [4.78, 5) is 28.3. The molecule has 7 nitrogen and oxygen atoms in total. The molecule has 0 aliphatic rings. The number of fused-ring (bicyclic) bond motifs is 1. The van der Waals surface area contributed by atoms with Crippen molar-refractivity contribution < 1.29 is 14.7 Å². The van der Waals surface area contributed by atoms with Gasteiger partial charge >= 0.3 is 5.97 Å². The van der Waals surface area contributed by atoms with E-state index >= 15 is 0 Å². The van der Waals surface area contributed by atoms with E-state index in [1.54, 1.807) is 36.4 Å². The zero-order valence-corrected chi connectivity index (χ0v) is 19.1.